The monoisotopic (exact) mass is 286 g/mol. The first-order valence-electron chi connectivity index (χ1n) is 7.47. The first-order chi connectivity index (χ1) is 10.2. The maximum Gasteiger partial charge on any atom is 0.225 e. The average molecular weight is 286 g/mol. The quantitative estimate of drug-likeness (QED) is 0.917. The summed E-state index contributed by atoms with van der Waals surface area (Å²) in [6, 6.07) is 2.41. The van der Waals surface area contributed by atoms with Gasteiger partial charge in [-0.25, -0.2) is 9.97 Å². The summed E-state index contributed by atoms with van der Waals surface area (Å²) in [5.41, 5.74) is 2.39. The van der Waals surface area contributed by atoms with E-state index in [2.05, 4.69) is 38.4 Å². The minimum Gasteiger partial charge on any atom is -0.341 e. The number of nitrogens with zero attached hydrogens (tertiary/aromatic N) is 5. The van der Waals surface area contributed by atoms with E-state index < -0.39 is 0 Å². The van der Waals surface area contributed by atoms with Crippen molar-refractivity contribution in [3.05, 3.63) is 35.9 Å². The van der Waals surface area contributed by atoms with Crippen LogP contribution in [-0.4, -0.2) is 38.9 Å². The van der Waals surface area contributed by atoms with Gasteiger partial charge in [-0.05, 0) is 25.8 Å². The van der Waals surface area contributed by atoms with Gasteiger partial charge in [0.05, 0.1) is 5.69 Å². The number of hydrogen-bond donors (Lipinski definition) is 1. The average Bonchev–Trinajstić information content (AvgIpc) is 2.84. The number of aromatic nitrogens is 4. The van der Waals surface area contributed by atoms with Crippen molar-refractivity contribution in [1.82, 2.24) is 25.1 Å². The van der Waals surface area contributed by atoms with Gasteiger partial charge in [0.1, 0.15) is 0 Å². The van der Waals surface area contributed by atoms with E-state index in [0.29, 0.717) is 6.04 Å². The molecule has 0 bridgehead atoms. The van der Waals surface area contributed by atoms with Crippen LogP contribution in [0, 0.1) is 6.92 Å². The lowest BCUT2D eigenvalue weighted by molar-refractivity contribution is 0.411. The van der Waals surface area contributed by atoms with E-state index in [9.17, 15) is 0 Å². The predicted molar refractivity (Wildman–Crippen MR) is 82.1 cm³/mol. The minimum atomic E-state index is 0.560. The third-order valence-corrected chi connectivity index (χ3v) is 4.03. The molecule has 0 amide bonds. The summed E-state index contributed by atoms with van der Waals surface area (Å²) in [6.07, 6.45) is 7.94. The molecule has 0 saturated carbocycles. The van der Waals surface area contributed by atoms with Crippen LogP contribution in [0.3, 0.4) is 0 Å². The van der Waals surface area contributed by atoms with Crippen LogP contribution in [0.5, 0.6) is 0 Å². The largest absolute Gasteiger partial charge is 0.341 e. The first kappa shape index (κ1) is 14.0. The number of aryl methyl sites for hydroxylation is 2. The van der Waals surface area contributed by atoms with Crippen LogP contribution >= 0.6 is 0 Å². The molecular weight excluding hydrogens is 264 g/mol. The Hall–Kier alpha value is -1.95. The zero-order valence-corrected chi connectivity index (χ0v) is 12.7. The van der Waals surface area contributed by atoms with E-state index in [4.69, 9.17) is 0 Å². The van der Waals surface area contributed by atoms with Crippen LogP contribution in [0.25, 0.3) is 0 Å². The Morgan fingerprint density at radius 1 is 1.24 bits per heavy atom. The Bertz CT molecular complexity index is 571. The topological polar surface area (TPSA) is 58.9 Å². The summed E-state index contributed by atoms with van der Waals surface area (Å²) < 4.78 is 1.88. The second-order valence-corrected chi connectivity index (χ2v) is 5.60. The van der Waals surface area contributed by atoms with E-state index in [1.807, 2.05) is 17.8 Å². The van der Waals surface area contributed by atoms with Crippen molar-refractivity contribution in [3.63, 3.8) is 0 Å². The highest BCUT2D eigenvalue weighted by Crippen LogP contribution is 2.16. The Labute approximate surface area is 125 Å². The second-order valence-electron chi connectivity index (χ2n) is 5.60. The molecule has 0 unspecified atom stereocenters. The minimum absolute atomic E-state index is 0.560. The maximum atomic E-state index is 4.38. The molecule has 2 aromatic heterocycles. The van der Waals surface area contributed by atoms with Crippen molar-refractivity contribution >= 4 is 5.95 Å². The Kier molecular flexibility index (Phi) is 4.15. The molecule has 0 spiro atoms. The SMILES string of the molecule is Cc1nn(C)cc1CNC1CCN(c2ncccn2)CC1. The number of rotatable bonds is 4. The molecule has 1 aliphatic rings. The fraction of sp³-hybridized carbons (Fsp3) is 0.533. The molecule has 1 N–H and O–H groups in total. The lowest BCUT2D eigenvalue weighted by Gasteiger charge is -2.32. The molecular formula is C15H22N6. The molecule has 1 saturated heterocycles. The predicted octanol–water partition coefficient (Wildman–Crippen LogP) is 1.28. The maximum absolute atomic E-state index is 4.38. The van der Waals surface area contributed by atoms with Gasteiger partial charge in [-0.15, -0.1) is 0 Å². The van der Waals surface area contributed by atoms with Crippen molar-refractivity contribution in [2.45, 2.75) is 32.4 Å². The highest BCUT2D eigenvalue weighted by Gasteiger charge is 2.20. The van der Waals surface area contributed by atoms with Gasteiger partial charge < -0.3 is 10.2 Å². The fourth-order valence-electron chi connectivity index (χ4n) is 2.81. The lowest BCUT2D eigenvalue weighted by Crippen LogP contribution is -2.42. The van der Waals surface area contributed by atoms with Crippen LogP contribution in [0.15, 0.2) is 24.7 Å². The molecule has 1 aliphatic heterocycles. The van der Waals surface area contributed by atoms with Crippen LogP contribution in [0.1, 0.15) is 24.1 Å². The number of anilines is 1. The van der Waals surface area contributed by atoms with Gasteiger partial charge in [-0.2, -0.15) is 5.10 Å². The number of nitrogens with one attached hydrogen (secondary N) is 1. The van der Waals surface area contributed by atoms with Crippen LogP contribution in [-0.2, 0) is 13.6 Å². The van der Waals surface area contributed by atoms with Crippen LogP contribution in [0.2, 0.25) is 0 Å². The molecule has 0 atom stereocenters. The molecule has 0 radical (unpaired) electrons. The molecule has 0 aromatic carbocycles. The molecule has 1 fully saturated rings. The smallest absolute Gasteiger partial charge is 0.225 e. The summed E-state index contributed by atoms with van der Waals surface area (Å²) in [5.74, 6) is 0.846. The van der Waals surface area contributed by atoms with Crippen molar-refractivity contribution in [1.29, 1.82) is 0 Å². The van der Waals surface area contributed by atoms with Crippen LogP contribution < -0.4 is 10.2 Å². The summed E-state index contributed by atoms with van der Waals surface area (Å²) >= 11 is 0. The van der Waals surface area contributed by atoms with E-state index in [-0.39, 0.29) is 0 Å². The van der Waals surface area contributed by atoms with E-state index in [1.165, 1.54) is 5.56 Å². The molecule has 0 aliphatic carbocycles. The van der Waals surface area contributed by atoms with Gasteiger partial charge in [0.2, 0.25) is 5.95 Å². The molecule has 6 nitrogen and oxygen atoms in total. The zero-order chi connectivity index (χ0) is 14.7. The summed E-state index contributed by atoms with van der Waals surface area (Å²) in [4.78, 5) is 10.9. The van der Waals surface area contributed by atoms with Crippen molar-refractivity contribution in [2.24, 2.45) is 7.05 Å². The second kappa shape index (κ2) is 6.22. The molecule has 21 heavy (non-hydrogen) atoms. The Morgan fingerprint density at radius 2 is 1.95 bits per heavy atom. The molecule has 6 heteroatoms. The van der Waals surface area contributed by atoms with E-state index >= 15 is 0 Å². The van der Waals surface area contributed by atoms with Gasteiger partial charge in [-0.1, -0.05) is 0 Å². The molecule has 3 rings (SSSR count). The molecule has 112 valence electrons. The Balaban J connectivity index is 1.49. The number of piperidine rings is 1. The van der Waals surface area contributed by atoms with E-state index in [1.54, 1.807) is 12.4 Å². The third-order valence-electron chi connectivity index (χ3n) is 4.03. The molecule has 2 aromatic rings. The highest BCUT2D eigenvalue weighted by atomic mass is 15.3. The van der Waals surface area contributed by atoms with Crippen molar-refractivity contribution < 1.29 is 0 Å². The van der Waals surface area contributed by atoms with Gasteiger partial charge in [-0.3, -0.25) is 4.68 Å². The Morgan fingerprint density at radius 3 is 2.57 bits per heavy atom. The zero-order valence-electron chi connectivity index (χ0n) is 12.7. The summed E-state index contributed by atoms with van der Waals surface area (Å²) in [6.45, 7) is 4.97. The lowest BCUT2D eigenvalue weighted by atomic mass is 10.0. The van der Waals surface area contributed by atoms with Crippen molar-refractivity contribution in [3.8, 4) is 0 Å². The standard InChI is InChI=1S/C15H22N6/c1-12-13(11-20(2)19-12)10-18-14-4-8-21(9-5-14)15-16-6-3-7-17-15/h3,6-7,11,14,18H,4-5,8-10H2,1-2H3. The first-order valence-corrected chi connectivity index (χ1v) is 7.47. The van der Waals surface area contributed by atoms with Crippen molar-refractivity contribution in [2.75, 3.05) is 18.0 Å². The van der Waals surface area contributed by atoms with Gasteiger partial charge >= 0.3 is 0 Å². The van der Waals surface area contributed by atoms with Gasteiger partial charge in [0.25, 0.3) is 0 Å². The van der Waals surface area contributed by atoms with E-state index in [0.717, 1.165) is 44.1 Å². The number of hydrogen-bond acceptors (Lipinski definition) is 5. The fourth-order valence-corrected chi connectivity index (χ4v) is 2.81. The summed E-state index contributed by atoms with van der Waals surface area (Å²) in [7, 11) is 1.97. The molecule has 3 heterocycles. The van der Waals surface area contributed by atoms with Gasteiger partial charge in [0.15, 0.2) is 0 Å². The van der Waals surface area contributed by atoms with Gasteiger partial charge in [0, 0.05) is 56.9 Å². The third kappa shape index (κ3) is 3.39. The normalized spacial score (nSPS) is 16.4. The summed E-state index contributed by atoms with van der Waals surface area (Å²) in [5, 5.41) is 8.02. The van der Waals surface area contributed by atoms with Crippen LogP contribution in [0.4, 0.5) is 5.95 Å². The highest BCUT2D eigenvalue weighted by molar-refractivity contribution is 5.29.